The van der Waals surface area contributed by atoms with Crippen molar-refractivity contribution >= 4 is 23.7 Å². The fourth-order valence-electron chi connectivity index (χ4n) is 1.46. The molecule has 0 saturated heterocycles. The molecule has 6 heteroatoms. The molecule has 0 fully saturated rings. The molecule has 0 bridgehead atoms. The molecule has 0 amide bonds. The zero-order valence-corrected chi connectivity index (χ0v) is 11.3. The molecule has 100 valence electrons. The first-order valence-electron chi connectivity index (χ1n) is 5.46. The topological polar surface area (TPSA) is 76.7 Å². The molecule has 1 aromatic heterocycles. The number of furan rings is 1. The fraction of sp³-hybridized carbons (Fsp3) is 0.500. The number of carbonyl (C=O) groups excluding carboxylic acids is 1. The van der Waals surface area contributed by atoms with E-state index >= 15 is 0 Å². The molecule has 0 aliphatic heterocycles. The first-order chi connectivity index (χ1) is 8.47. The predicted octanol–water partition coefficient (Wildman–Crippen LogP) is 2.41. The Morgan fingerprint density at radius 1 is 1.50 bits per heavy atom. The number of hydrogen-bond donors (Lipinski definition) is 1. The van der Waals surface area contributed by atoms with Gasteiger partial charge in [-0.1, -0.05) is 13.8 Å². The van der Waals surface area contributed by atoms with E-state index in [-0.39, 0.29) is 5.92 Å². The Kier molecular flexibility index (Phi) is 5.27. The maximum Gasteiger partial charge on any atom is 0.341 e. The average molecular weight is 272 g/mol. The number of hydrogen-bond acceptors (Lipinski definition) is 5. The lowest BCUT2D eigenvalue weighted by atomic mass is 10.1. The Hall–Kier alpha value is -1.43. The third-order valence-electron chi connectivity index (χ3n) is 2.39. The highest BCUT2D eigenvalue weighted by molar-refractivity contribution is 7.99. The molecule has 5 nitrogen and oxygen atoms in total. The van der Waals surface area contributed by atoms with E-state index in [9.17, 15) is 9.59 Å². The van der Waals surface area contributed by atoms with Crippen molar-refractivity contribution in [3.63, 3.8) is 0 Å². The third-order valence-corrected chi connectivity index (χ3v) is 3.93. The monoisotopic (exact) mass is 272 g/mol. The van der Waals surface area contributed by atoms with Gasteiger partial charge in [0.2, 0.25) is 0 Å². The molecule has 1 unspecified atom stereocenters. The molecular weight excluding hydrogens is 256 g/mol. The van der Waals surface area contributed by atoms with Gasteiger partial charge in [0, 0.05) is 0 Å². The van der Waals surface area contributed by atoms with E-state index in [2.05, 4.69) is 4.74 Å². The van der Waals surface area contributed by atoms with Gasteiger partial charge < -0.3 is 14.3 Å². The second-order valence-corrected chi connectivity index (χ2v) is 5.19. The molecule has 1 N–H and O–H groups in total. The lowest BCUT2D eigenvalue weighted by Gasteiger charge is -2.14. The second-order valence-electron chi connectivity index (χ2n) is 4.06. The van der Waals surface area contributed by atoms with Crippen LogP contribution in [-0.4, -0.2) is 29.4 Å². The van der Waals surface area contributed by atoms with E-state index in [4.69, 9.17) is 9.52 Å². The summed E-state index contributed by atoms with van der Waals surface area (Å²) in [4.78, 5) is 22.4. The molecule has 0 aliphatic carbocycles. The molecule has 0 radical (unpaired) electrons. The van der Waals surface area contributed by atoms with Gasteiger partial charge in [0.1, 0.15) is 16.6 Å². The average Bonchev–Trinajstić information content (AvgIpc) is 2.75. The van der Waals surface area contributed by atoms with E-state index in [1.165, 1.54) is 31.2 Å². The maximum absolute atomic E-state index is 11.4. The van der Waals surface area contributed by atoms with Crippen molar-refractivity contribution in [2.24, 2.45) is 5.92 Å². The number of carboxylic acids is 1. The van der Waals surface area contributed by atoms with Gasteiger partial charge in [0.05, 0.1) is 19.1 Å². The standard InChI is InChI=1S/C12H16O5S/c1-7(2)10(11(13)14)18-6-9-8(4-5-17-9)12(15)16-3/h4-5,7,10H,6H2,1-3H3,(H,13,14). The SMILES string of the molecule is COC(=O)c1ccoc1CSC(C(=O)O)C(C)C. The largest absolute Gasteiger partial charge is 0.480 e. The van der Waals surface area contributed by atoms with Crippen LogP contribution in [0.1, 0.15) is 30.0 Å². The Morgan fingerprint density at radius 2 is 2.17 bits per heavy atom. The molecule has 18 heavy (non-hydrogen) atoms. The number of carboxylic acid groups (broad SMARTS) is 1. The van der Waals surface area contributed by atoms with Crippen LogP contribution in [0, 0.1) is 5.92 Å². The molecule has 0 aromatic carbocycles. The molecule has 0 spiro atoms. The van der Waals surface area contributed by atoms with E-state index in [1.54, 1.807) is 0 Å². The summed E-state index contributed by atoms with van der Waals surface area (Å²) in [7, 11) is 1.29. The van der Waals surface area contributed by atoms with Crippen molar-refractivity contribution in [1.29, 1.82) is 0 Å². The highest BCUT2D eigenvalue weighted by atomic mass is 32.2. The lowest BCUT2D eigenvalue weighted by Crippen LogP contribution is -2.22. The zero-order chi connectivity index (χ0) is 13.7. The minimum atomic E-state index is -0.860. The lowest BCUT2D eigenvalue weighted by molar-refractivity contribution is -0.137. The number of aliphatic carboxylic acids is 1. The first-order valence-corrected chi connectivity index (χ1v) is 6.51. The van der Waals surface area contributed by atoms with Gasteiger partial charge in [-0.05, 0) is 12.0 Å². The summed E-state index contributed by atoms with van der Waals surface area (Å²) in [5, 5.41) is 8.53. The number of methoxy groups -OCH3 is 1. The smallest absolute Gasteiger partial charge is 0.341 e. The number of carbonyl (C=O) groups is 2. The Bertz CT molecular complexity index is 424. The normalized spacial score (nSPS) is 12.4. The predicted molar refractivity (Wildman–Crippen MR) is 67.6 cm³/mol. The van der Waals surface area contributed by atoms with Gasteiger partial charge in [0.15, 0.2) is 0 Å². The van der Waals surface area contributed by atoms with Crippen LogP contribution in [0.15, 0.2) is 16.7 Å². The van der Waals surface area contributed by atoms with Crippen LogP contribution in [0.5, 0.6) is 0 Å². The summed E-state index contributed by atoms with van der Waals surface area (Å²) < 4.78 is 9.80. The van der Waals surface area contributed by atoms with Crippen LogP contribution in [0.2, 0.25) is 0 Å². The van der Waals surface area contributed by atoms with Crippen LogP contribution in [0.25, 0.3) is 0 Å². The summed E-state index contributed by atoms with van der Waals surface area (Å²) in [6, 6.07) is 1.52. The Labute approximate surface area is 109 Å². The van der Waals surface area contributed by atoms with Crippen LogP contribution in [-0.2, 0) is 15.3 Å². The first kappa shape index (κ1) is 14.6. The minimum Gasteiger partial charge on any atom is -0.480 e. The van der Waals surface area contributed by atoms with Gasteiger partial charge >= 0.3 is 11.9 Å². The van der Waals surface area contributed by atoms with Gasteiger partial charge in [-0.3, -0.25) is 4.79 Å². The quantitative estimate of drug-likeness (QED) is 0.801. The van der Waals surface area contributed by atoms with Crippen molar-refractivity contribution in [2.45, 2.75) is 24.9 Å². The molecule has 1 rings (SSSR count). The van der Waals surface area contributed by atoms with Crippen molar-refractivity contribution in [1.82, 2.24) is 0 Å². The summed E-state index contributed by atoms with van der Waals surface area (Å²) in [6.45, 7) is 3.68. The molecule has 0 aliphatic rings. The van der Waals surface area contributed by atoms with Crippen molar-refractivity contribution in [3.05, 3.63) is 23.7 Å². The number of ether oxygens (including phenoxy) is 1. The van der Waals surface area contributed by atoms with E-state index in [0.717, 1.165) is 0 Å². The number of esters is 1. The van der Waals surface area contributed by atoms with Crippen LogP contribution in [0.4, 0.5) is 0 Å². The second kappa shape index (κ2) is 6.49. The fourth-order valence-corrected chi connectivity index (χ4v) is 2.54. The molecule has 1 atom stereocenters. The Morgan fingerprint density at radius 3 is 2.67 bits per heavy atom. The summed E-state index contributed by atoms with van der Waals surface area (Å²) in [5.41, 5.74) is 0.345. The number of thioether (sulfide) groups is 1. The maximum atomic E-state index is 11.4. The highest BCUT2D eigenvalue weighted by Gasteiger charge is 2.24. The van der Waals surface area contributed by atoms with Crippen molar-refractivity contribution < 1.29 is 23.8 Å². The zero-order valence-electron chi connectivity index (χ0n) is 10.5. The van der Waals surface area contributed by atoms with Gasteiger partial charge in [-0.15, -0.1) is 11.8 Å². The molecule has 0 saturated carbocycles. The van der Waals surface area contributed by atoms with Gasteiger partial charge in [0.25, 0.3) is 0 Å². The highest BCUT2D eigenvalue weighted by Crippen LogP contribution is 2.26. The molecule has 1 heterocycles. The van der Waals surface area contributed by atoms with Gasteiger partial charge in [-0.2, -0.15) is 0 Å². The minimum absolute atomic E-state index is 0.00374. The number of rotatable bonds is 6. The van der Waals surface area contributed by atoms with E-state index < -0.39 is 17.2 Å². The van der Waals surface area contributed by atoms with Gasteiger partial charge in [-0.25, -0.2) is 4.79 Å². The summed E-state index contributed by atoms with van der Waals surface area (Å²) >= 11 is 1.24. The van der Waals surface area contributed by atoms with Crippen LogP contribution in [0.3, 0.4) is 0 Å². The van der Waals surface area contributed by atoms with Crippen LogP contribution < -0.4 is 0 Å². The van der Waals surface area contributed by atoms with Crippen LogP contribution >= 0.6 is 11.8 Å². The summed E-state index contributed by atoms with van der Waals surface area (Å²) in [5.74, 6) is -0.563. The van der Waals surface area contributed by atoms with E-state index in [0.29, 0.717) is 17.1 Å². The molecule has 1 aromatic rings. The van der Waals surface area contributed by atoms with E-state index in [1.807, 2.05) is 13.8 Å². The summed E-state index contributed by atoms with van der Waals surface area (Å²) in [6.07, 6.45) is 1.40. The molecular formula is C12H16O5S. The van der Waals surface area contributed by atoms with Crippen molar-refractivity contribution in [2.75, 3.05) is 7.11 Å². The van der Waals surface area contributed by atoms with Crippen molar-refractivity contribution in [3.8, 4) is 0 Å². The third kappa shape index (κ3) is 3.53. The Balaban J connectivity index is 2.71.